The van der Waals surface area contributed by atoms with E-state index in [-0.39, 0.29) is 18.3 Å². The Kier molecular flexibility index (Phi) is 9.77. The number of rotatable bonds is 9. The van der Waals surface area contributed by atoms with Gasteiger partial charge < -0.3 is 50.6 Å². The van der Waals surface area contributed by atoms with Crippen LogP contribution in [-0.4, -0.2) is 79.6 Å². The number of carbonyl (C=O) groups is 1. The molecular formula is C28H35ClN2O7. The zero-order valence-electron chi connectivity index (χ0n) is 22.7. The molecule has 3 aromatic rings. The first-order chi connectivity index (χ1) is 18.0. The van der Waals surface area contributed by atoms with Gasteiger partial charge in [-0.2, -0.15) is 0 Å². The normalized spacial score (nSPS) is 13.5. The minimum absolute atomic E-state index is 0. The van der Waals surface area contributed by atoms with Crippen molar-refractivity contribution in [2.24, 2.45) is 0 Å². The number of halogens is 1. The summed E-state index contributed by atoms with van der Waals surface area (Å²) >= 11 is 0. The molecule has 10 heteroatoms. The van der Waals surface area contributed by atoms with Crippen LogP contribution in [0.15, 0.2) is 36.4 Å². The molecule has 1 N–H and O–H groups in total. The van der Waals surface area contributed by atoms with Crippen LogP contribution in [0.5, 0.6) is 34.5 Å². The molecule has 4 rings (SSSR count). The lowest BCUT2D eigenvalue weighted by Crippen LogP contribution is -3.13. The second-order valence-electron chi connectivity index (χ2n) is 8.79. The number of nitrogens with one attached hydrogen (secondary N) is 1. The molecule has 0 spiro atoms. The van der Waals surface area contributed by atoms with Crippen LogP contribution in [0.4, 0.5) is 0 Å². The second kappa shape index (κ2) is 12.8. The third-order valence-electron chi connectivity index (χ3n) is 6.87. The maximum absolute atomic E-state index is 13.4. The lowest BCUT2D eigenvalue weighted by Gasteiger charge is -2.32. The van der Waals surface area contributed by atoms with Gasteiger partial charge in [0, 0.05) is 10.9 Å². The molecule has 1 aliphatic heterocycles. The van der Waals surface area contributed by atoms with Crippen LogP contribution in [0.1, 0.15) is 15.9 Å². The Bertz CT molecular complexity index is 1280. The van der Waals surface area contributed by atoms with Crippen molar-refractivity contribution < 1.29 is 50.5 Å². The summed E-state index contributed by atoms with van der Waals surface area (Å²) in [4.78, 5) is 16.7. The molecule has 3 aromatic carbocycles. The number of benzene rings is 3. The molecule has 1 aliphatic rings. The summed E-state index contributed by atoms with van der Waals surface area (Å²) < 4.78 is 33.1. The monoisotopic (exact) mass is 546 g/mol. The number of methoxy groups -OCH3 is 6. The van der Waals surface area contributed by atoms with E-state index in [1.54, 1.807) is 42.7 Å². The predicted molar refractivity (Wildman–Crippen MR) is 140 cm³/mol. The number of ether oxygens (including phenoxy) is 6. The highest BCUT2D eigenvalue weighted by atomic mass is 35.5. The number of carbonyl (C=O) groups excluding carboxylic acids is 1. The molecule has 1 amide bonds. The topological polar surface area (TPSA) is 80.1 Å². The molecule has 0 aromatic heterocycles. The maximum Gasteiger partial charge on any atom is 0.254 e. The second-order valence-corrected chi connectivity index (χ2v) is 8.79. The number of piperazine rings is 1. The molecule has 0 unspecified atom stereocenters. The SMILES string of the molecule is COc1ccc(C[NH+]2CCN(C(=O)c3ccc4c(OC)c(OC)c(OC)cc4c3)CC2)c(OC)c1OC.[Cl-]. The van der Waals surface area contributed by atoms with E-state index in [2.05, 4.69) is 0 Å². The largest absolute Gasteiger partial charge is 1.00 e. The predicted octanol–water partition coefficient (Wildman–Crippen LogP) is -0.564. The van der Waals surface area contributed by atoms with E-state index in [0.717, 1.165) is 36.0 Å². The highest BCUT2D eigenvalue weighted by molar-refractivity contribution is 6.01. The van der Waals surface area contributed by atoms with Crippen molar-refractivity contribution >= 4 is 16.7 Å². The first-order valence-corrected chi connectivity index (χ1v) is 12.1. The average molecular weight is 547 g/mol. The summed E-state index contributed by atoms with van der Waals surface area (Å²) in [6.07, 6.45) is 0. The lowest BCUT2D eigenvalue weighted by atomic mass is 10.0. The fourth-order valence-corrected chi connectivity index (χ4v) is 4.97. The highest BCUT2D eigenvalue weighted by Crippen LogP contribution is 2.43. The molecule has 38 heavy (non-hydrogen) atoms. The fourth-order valence-electron chi connectivity index (χ4n) is 4.97. The number of amides is 1. The Labute approximate surface area is 229 Å². The van der Waals surface area contributed by atoms with Crippen molar-refractivity contribution in [2.45, 2.75) is 6.54 Å². The minimum Gasteiger partial charge on any atom is -1.00 e. The molecule has 206 valence electrons. The molecular weight excluding hydrogens is 512 g/mol. The van der Waals surface area contributed by atoms with E-state index >= 15 is 0 Å². The Hall–Kier alpha value is -3.56. The number of hydrogen-bond acceptors (Lipinski definition) is 7. The summed E-state index contributed by atoms with van der Waals surface area (Å²) in [6.45, 7) is 3.75. The smallest absolute Gasteiger partial charge is 0.254 e. The van der Waals surface area contributed by atoms with Crippen molar-refractivity contribution in [1.82, 2.24) is 4.90 Å². The molecule has 0 atom stereocenters. The lowest BCUT2D eigenvalue weighted by molar-refractivity contribution is -0.917. The standard InChI is InChI=1S/C28H34N2O7.ClH/c1-32-22-10-8-19(24(34-3)26(22)36-5)17-29-11-13-30(14-12-29)28(31)18-7-9-21-20(15-18)16-23(33-2)27(37-6)25(21)35-4;/h7-10,15-16H,11-14,17H2,1-6H3;1H. The zero-order chi connectivity index (χ0) is 26.5. The average Bonchev–Trinajstić information content (AvgIpc) is 2.95. The van der Waals surface area contributed by atoms with Gasteiger partial charge in [-0.1, -0.05) is 0 Å². The quantitative estimate of drug-likeness (QED) is 0.385. The van der Waals surface area contributed by atoms with Gasteiger partial charge in [-0.3, -0.25) is 4.79 Å². The van der Waals surface area contributed by atoms with E-state index in [9.17, 15) is 4.79 Å². The van der Waals surface area contributed by atoms with Crippen LogP contribution in [0.3, 0.4) is 0 Å². The molecule has 1 heterocycles. The van der Waals surface area contributed by atoms with Gasteiger partial charge in [0.15, 0.2) is 23.0 Å². The number of nitrogens with zero attached hydrogens (tertiary/aromatic N) is 1. The van der Waals surface area contributed by atoms with Crippen molar-refractivity contribution in [2.75, 3.05) is 68.8 Å². The van der Waals surface area contributed by atoms with E-state index in [0.29, 0.717) is 53.2 Å². The third kappa shape index (κ3) is 5.49. The van der Waals surface area contributed by atoms with Gasteiger partial charge in [0.2, 0.25) is 11.5 Å². The van der Waals surface area contributed by atoms with Gasteiger partial charge >= 0.3 is 0 Å². The molecule has 1 fully saturated rings. The van der Waals surface area contributed by atoms with Crippen LogP contribution in [-0.2, 0) is 6.54 Å². The summed E-state index contributed by atoms with van der Waals surface area (Å²) in [5.41, 5.74) is 1.68. The molecule has 0 radical (unpaired) electrons. The minimum atomic E-state index is 0. The summed E-state index contributed by atoms with van der Waals surface area (Å²) in [5.74, 6) is 3.60. The van der Waals surface area contributed by atoms with Crippen molar-refractivity contribution in [3.63, 3.8) is 0 Å². The van der Waals surface area contributed by atoms with Crippen LogP contribution in [0.2, 0.25) is 0 Å². The van der Waals surface area contributed by atoms with E-state index in [4.69, 9.17) is 28.4 Å². The van der Waals surface area contributed by atoms with Crippen molar-refractivity contribution in [3.05, 3.63) is 47.5 Å². The van der Waals surface area contributed by atoms with E-state index in [1.165, 1.54) is 4.90 Å². The highest BCUT2D eigenvalue weighted by Gasteiger charge is 2.27. The Morgan fingerprint density at radius 2 is 1.34 bits per heavy atom. The molecule has 0 bridgehead atoms. The molecule has 9 nitrogen and oxygen atoms in total. The van der Waals surface area contributed by atoms with E-state index in [1.807, 2.05) is 41.3 Å². The number of fused-ring (bicyclic) bond motifs is 1. The third-order valence-corrected chi connectivity index (χ3v) is 6.87. The van der Waals surface area contributed by atoms with Crippen LogP contribution < -0.4 is 45.7 Å². The van der Waals surface area contributed by atoms with Gasteiger partial charge in [-0.15, -0.1) is 0 Å². The van der Waals surface area contributed by atoms with Gasteiger partial charge in [0.25, 0.3) is 5.91 Å². The first kappa shape index (κ1) is 29.0. The summed E-state index contributed by atoms with van der Waals surface area (Å²) in [5, 5.41) is 1.71. The molecule has 1 saturated heterocycles. The van der Waals surface area contributed by atoms with E-state index < -0.39 is 0 Å². The number of hydrogen-bond donors (Lipinski definition) is 1. The summed E-state index contributed by atoms with van der Waals surface area (Å²) in [6, 6.07) is 11.4. The Balaban J connectivity index is 0.00000400. The van der Waals surface area contributed by atoms with Gasteiger partial charge in [0.1, 0.15) is 6.54 Å². The van der Waals surface area contributed by atoms with Gasteiger partial charge in [-0.05, 0) is 41.8 Å². The Morgan fingerprint density at radius 1 is 0.737 bits per heavy atom. The fraction of sp³-hybridized carbons (Fsp3) is 0.393. The van der Waals surface area contributed by atoms with Gasteiger partial charge in [-0.25, -0.2) is 0 Å². The molecule has 0 aliphatic carbocycles. The van der Waals surface area contributed by atoms with Gasteiger partial charge in [0.05, 0.1) is 74.4 Å². The Morgan fingerprint density at radius 3 is 1.92 bits per heavy atom. The van der Waals surface area contributed by atoms with Crippen LogP contribution >= 0.6 is 0 Å². The maximum atomic E-state index is 13.4. The van der Waals surface area contributed by atoms with Crippen molar-refractivity contribution in [1.29, 1.82) is 0 Å². The summed E-state index contributed by atoms with van der Waals surface area (Å²) in [7, 11) is 9.60. The number of quaternary nitrogens is 1. The van der Waals surface area contributed by atoms with Crippen LogP contribution in [0, 0.1) is 0 Å². The van der Waals surface area contributed by atoms with Crippen molar-refractivity contribution in [3.8, 4) is 34.5 Å². The zero-order valence-corrected chi connectivity index (χ0v) is 23.4. The molecule has 0 saturated carbocycles. The first-order valence-electron chi connectivity index (χ1n) is 12.1. The van der Waals surface area contributed by atoms with Crippen LogP contribution in [0.25, 0.3) is 10.8 Å².